The number of halogens is 1. The van der Waals surface area contributed by atoms with Gasteiger partial charge in [-0.1, -0.05) is 23.7 Å². The fourth-order valence-electron chi connectivity index (χ4n) is 1.67. The zero-order chi connectivity index (χ0) is 12.4. The molecule has 17 heavy (non-hydrogen) atoms. The summed E-state index contributed by atoms with van der Waals surface area (Å²) in [5.41, 5.74) is 5.79. The molecule has 0 bridgehead atoms. The fraction of sp³-hybridized carbons (Fsp3) is 0.273. The van der Waals surface area contributed by atoms with Gasteiger partial charge < -0.3 is 16.4 Å². The highest BCUT2D eigenvalue weighted by atomic mass is 35.5. The maximum absolute atomic E-state index is 11.9. The van der Waals surface area contributed by atoms with Crippen molar-refractivity contribution in [3.63, 3.8) is 0 Å². The predicted molar refractivity (Wildman–Crippen MR) is 63.7 cm³/mol. The second kappa shape index (κ2) is 4.73. The lowest BCUT2D eigenvalue weighted by Crippen LogP contribution is -2.71. The van der Waals surface area contributed by atoms with E-state index < -0.39 is 6.04 Å². The van der Waals surface area contributed by atoms with Crippen LogP contribution in [-0.4, -0.2) is 30.4 Å². The van der Waals surface area contributed by atoms with Crippen LogP contribution in [0.1, 0.15) is 10.4 Å². The average molecular weight is 254 g/mol. The smallest absolute Gasteiger partial charge is 0.253 e. The highest BCUT2D eigenvalue weighted by Gasteiger charge is 2.39. The van der Waals surface area contributed by atoms with Crippen LogP contribution in [0.15, 0.2) is 24.3 Å². The lowest BCUT2D eigenvalue weighted by molar-refractivity contribution is -0.131. The first-order chi connectivity index (χ1) is 8.13. The molecule has 2 rings (SSSR count). The molecule has 1 aromatic carbocycles. The number of rotatable bonds is 3. The van der Waals surface area contributed by atoms with Crippen molar-refractivity contribution >= 4 is 23.4 Å². The molecule has 0 spiro atoms. The molecule has 1 aliphatic heterocycles. The van der Waals surface area contributed by atoms with Crippen molar-refractivity contribution in [3.8, 4) is 0 Å². The van der Waals surface area contributed by atoms with Gasteiger partial charge in [0.2, 0.25) is 5.91 Å². The zero-order valence-electron chi connectivity index (χ0n) is 8.94. The molecule has 0 aliphatic carbocycles. The fourth-order valence-corrected chi connectivity index (χ4v) is 1.89. The molecular weight excluding hydrogens is 242 g/mol. The van der Waals surface area contributed by atoms with Gasteiger partial charge in [-0.2, -0.15) is 0 Å². The molecule has 0 aromatic heterocycles. The van der Waals surface area contributed by atoms with Crippen molar-refractivity contribution in [3.05, 3.63) is 34.9 Å². The van der Waals surface area contributed by atoms with Gasteiger partial charge in [-0.25, -0.2) is 0 Å². The molecule has 2 amide bonds. The molecule has 2 atom stereocenters. The highest BCUT2D eigenvalue weighted by Crippen LogP contribution is 2.15. The van der Waals surface area contributed by atoms with Crippen LogP contribution in [-0.2, 0) is 4.79 Å². The monoisotopic (exact) mass is 253 g/mol. The largest absolute Gasteiger partial charge is 0.348 e. The third-order valence-corrected chi connectivity index (χ3v) is 3.00. The van der Waals surface area contributed by atoms with Crippen molar-refractivity contribution in [1.29, 1.82) is 0 Å². The molecule has 2 unspecified atom stereocenters. The molecule has 1 aromatic rings. The van der Waals surface area contributed by atoms with E-state index in [1.807, 2.05) is 0 Å². The van der Waals surface area contributed by atoms with Gasteiger partial charge in [0.1, 0.15) is 6.04 Å². The van der Waals surface area contributed by atoms with Crippen LogP contribution in [0.3, 0.4) is 0 Å². The minimum absolute atomic E-state index is 0.200. The number of benzene rings is 1. The number of carbonyl (C=O) groups is 2. The normalized spacial score (nSPS) is 22.6. The molecule has 0 saturated carbocycles. The first-order valence-corrected chi connectivity index (χ1v) is 5.57. The molecule has 1 fully saturated rings. The average Bonchev–Trinajstić information content (AvgIpc) is 2.33. The highest BCUT2D eigenvalue weighted by molar-refractivity contribution is 6.33. The molecule has 1 saturated heterocycles. The van der Waals surface area contributed by atoms with E-state index in [0.717, 1.165) is 0 Å². The molecule has 4 N–H and O–H groups in total. The van der Waals surface area contributed by atoms with E-state index >= 15 is 0 Å². The van der Waals surface area contributed by atoms with Gasteiger partial charge in [0, 0.05) is 6.54 Å². The Hall–Kier alpha value is -1.59. The Bertz CT molecular complexity index is 464. The summed E-state index contributed by atoms with van der Waals surface area (Å²) < 4.78 is 0. The van der Waals surface area contributed by atoms with E-state index in [2.05, 4.69) is 10.6 Å². The molecule has 6 heteroatoms. The van der Waals surface area contributed by atoms with E-state index in [9.17, 15) is 9.59 Å². The van der Waals surface area contributed by atoms with Crippen molar-refractivity contribution in [2.24, 2.45) is 5.73 Å². The lowest BCUT2D eigenvalue weighted by Gasteiger charge is -2.36. The van der Waals surface area contributed by atoms with Gasteiger partial charge in [-0.3, -0.25) is 9.59 Å². The number of nitrogens with two attached hydrogens (primary N) is 1. The minimum Gasteiger partial charge on any atom is -0.348 e. The first kappa shape index (κ1) is 11.9. The molecule has 90 valence electrons. The van der Waals surface area contributed by atoms with Gasteiger partial charge in [-0.15, -0.1) is 0 Å². The number of hydrogen-bond acceptors (Lipinski definition) is 3. The van der Waals surface area contributed by atoms with Gasteiger partial charge in [0.25, 0.3) is 5.91 Å². The molecular formula is C11H12ClN3O2. The van der Waals surface area contributed by atoms with Gasteiger partial charge in [0.05, 0.1) is 16.6 Å². The van der Waals surface area contributed by atoms with Gasteiger partial charge in [-0.05, 0) is 12.1 Å². The van der Waals surface area contributed by atoms with E-state index in [-0.39, 0.29) is 17.9 Å². The van der Waals surface area contributed by atoms with Crippen LogP contribution in [0.2, 0.25) is 5.02 Å². The van der Waals surface area contributed by atoms with E-state index in [0.29, 0.717) is 17.1 Å². The quantitative estimate of drug-likeness (QED) is 0.658. The zero-order valence-corrected chi connectivity index (χ0v) is 9.70. The molecule has 1 aliphatic rings. The third kappa shape index (κ3) is 2.25. The lowest BCUT2D eigenvalue weighted by atomic mass is 9.99. The third-order valence-electron chi connectivity index (χ3n) is 2.67. The standard InChI is InChI=1S/C11H12ClN3O2/c12-7-4-2-1-3-6(7)10(16)15-9-8(5-13)14-11(9)17/h1-4,8-9H,5,13H2,(H,14,17)(H,15,16). The van der Waals surface area contributed by atoms with Crippen LogP contribution in [0.4, 0.5) is 0 Å². The van der Waals surface area contributed by atoms with Gasteiger partial charge in [0.15, 0.2) is 0 Å². The van der Waals surface area contributed by atoms with Crippen LogP contribution in [0.25, 0.3) is 0 Å². The van der Waals surface area contributed by atoms with Crippen LogP contribution in [0, 0.1) is 0 Å². The minimum atomic E-state index is -0.566. The van der Waals surface area contributed by atoms with Crippen molar-refractivity contribution < 1.29 is 9.59 Å². The van der Waals surface area contributed by atoms with Gasteiger partial charge >= 0.3 is 0 Å². The second-order valence-corrected chi connectivity index (χ2v) is 4.19. The summed E-state index contributed by atoms with van der Waals surface area (Å²) in [4.78, 5) is 23.1. The van der Waals surface area contributed by atoms with Crippen LogP contribution in [0.5, 0.6) is 0 Å². The summed E-state index contributed by atoms with van der Waals surface area (Å²) >= 11 is 5.88. The van der Waals surface area contributed by atoms with E-state index in [4.69, 9.17) is 17.3 Å². The number of nitrogens with one attached hydrogen (secondary N) is 2. The summed E-state index contributed by atoms with van der Waals surface area (Å²) in [6.45, 7) is 0.291. The maximum atomic E-state index is 11.9. The Morgan fingerprint density at radius 3 is 2.76 bits per heavy atom. The number of carbonyl (C=O) groups excluding carboxylic acids is 2. The topological polar surface area (TPSA) is 84.2 Å². The summed E-state index contributed by atoms with van der Waals surface area (Å²) in [5.74, 6) is -0.588. The predicted octanol–water partition coefficient (Wildman–Crippen LogP) is -0.104. The van der Waals surface area contributed by atoms with Crippen LogP contribution < -0.4 is 16.4 Å². The van der Waals surface area contributed by atoms with Crippen molar-refractivity contribution in [2.75, 3.05) is 6.54 Å². The van der Waals surface area contributed by atoms with Crippen molar-refractivity contribution in [1.82, 2.24) is 10.6 Å². The van der Waals surface area contributed by atoms with E-state index in [1.165, 1.54) is 0 Å². The summed E-state index contributed by atoms with van der Waals surface area (Å²) in [6.07, 6.45) is 0. The second-order valence-electron chi connectivity index (χ2n) is 3.78. The first-order valence-electron chi connectivity index (χ1n) is 5.19. The Labute approximate surface area is 103 Å². The Morgan fingerprint density at radius 1 is 1.47 bits per heavy atom. The Balaban J connectivity index is 2.07. The van der Waals surface area contributed by atoms with Crippen molar-refractivity contribution in [2.45, 2.75) is 12.1 Å². The van der Waals surface area contributed by atoms with E-state index in [1.54, 1.807) is 24.3 Å². The number of β-lactam (4-membered cyclic amide) rings is 1. The molecule has 1 heterocycles. The number of hydrogen-bond donors (Lipinski definition) is 3. The van der Waals surface area contributed by atoms with Crippen LogP contribution >= 0.6 is 11.6 Å². The Morgan fingerprint density at radius 2 is 2.18 bits per heavy atom. The SMILES string of the molecule is NCC1NC(=O)C1NC(=O)c1ccccc1Cl. The maximum Gasteiger partial charge on any atom is 0.253 e. The summed E-state index contributed by atoms with van der Waals surface area (Å²) in [7, 11) is 0. The number of amides is 2. The Kier molecular flexibility index (Phi) is 3.31. The summed E-state index contributed by atoms with van der Waals surface area (Å²) in [5, 5.41) is 5.57. The summed E-state index contributed by atoms with van der Waals surface area (Å²) in [6, 6.07) is 5.90. The molecule has 5 nitrogen and oxygen atoms in total. The molecule has 0 radical (unpaired) electrons.